The van der Waals surface area contributed by atoms with Gasteiger partial charge in [0.1, 0.15) is 0 Å². The highest BCUT2D eigenvalue weighted by molar-refractivity contribution is 7.71. The molecule has 2 nitrogen and oxygen atoms in total. The zero-order chi connectivity index (χ0) is 25.7. The Morgan fingerprint density at radius 3 is 2.21 bits per heavy atom. The zero-order valence-corrected chi connectivity index (χ0v) is 22.3. The Kier molecular flexibility index (Phi) is 5.51. The number of nitrogens with zero attached hydrogens (tertiary/aromatic N) is 1. The Morgan fingerprint density at radius 2 is 1.39 bits per heavy atom. The van der Waals surface area contributed by atoms with Crippen LogP contribution in [0.25, 0.3) is 16.8 Å². The molecule has 38 heavy (non-hydrogen) atoms. The van der Waals surface area contributed by atoms with Crippen molar-refractivity contribution in [2.24, 2.45) is 5.92 Å². The molecule has 5 aromatic rings. The van der Waals surface area contributed by atoms with E-state index < -0.39 is 12.4 Å². The number of rotatable bonds is 4. The number of hydrogen-bond acceptors (Lipinski definition) is 1. The van der Waals surface area contributed by atoms with Gasteiger partial charge in [0.25, 0.3) is 0 Å². The van der Waals surface area contributed by atoms with Gasteiger partial charge in [-0.2, -0.15) is 0 Å². The lowest BCUT2D eigenvalue weighted by atomic mass is 9.74. The second kappa shape index (κ2) is 8.95. The van der Waals surface area contributed by atoms with Crippen molar-refractivity contribution in [3.63, 3.8) is 0 Å². The van der Waals surface area contributed by atoms with E-state index in [1.54, 1.807) is 0 Å². The Labute approximate surface area is 224 Å². The van der Waals surface area contributed by atoms with Crippen LogP contribution in [0.5, 0.6) is 0 Å². The summed E-state index contributed by atoms with van der Waals surface area (Å²) < 4.78 is 18.9. The topological polar surface area (TPSA) is 20.3 Å². The van der Waals surface area contributed by atoms with Crippen LogP contribution in [0.1, 0.15) is 35.2 Å². The van der Waals surface area contributed by atoms with Gasteiger partial charge in [-0.15, -0.1) is 0 Å². The van der Waals surface area contributed by atoms with E-state index in [2.05, 4.69) is 145 Å². The minimum absolute atomic E-state index is 0.0317. The molecule has 0 unspecified atom stereocenters. The first-order valence-corrected chi connectivity index (χ1v) is 15.0. The highest BCUT2D eigenvalue weighted by atomic mass is 31.2. The molecule has 1 saturated heterocycles. The second-order valence-electron chi connectivity index (χ2n) is 10.6. The highest BCUT2D eigenvalue weighted by Gasteiger charge is 2.66. The zero-order valence-electron chi connectivity index (χ0n) is 21.4. The van der Waals surface area contributed by atoms with E-state index in [1.165, 1.54) is 22.3 Å². The molecule has 1 aliphatic heterocycles. The standard InChI is InChI=1S/C35H30NOP/c1-35-31-21-11-9-16-28(31)23-24-32(35)34(29-17-6-3-7-18-29)36(25-26-13-4-2-5-14-26)38(35,37)33-22-12-19-27-15-8-10-20-30(27)33/h2-24,32,34H,25H2,1H3/t32-,34-,35-,38-/m1/s1. The Balaban J connectivity index is 1.58. The van der Waals surface area contributed by atoms with Crippen LogP contribution < -0.4 is 5.30 Å². The molecule has 0 radical (unpaired) electrons. The van der Waals surface area contributed by atoms with Gasteiger partial charge < -0.3 is 4.57 Å². The Morgan fingerprint density at radius 1 is 0.737 bits per heavy atom. The molecule has 0 bridgehead atoms. The van der Waals surface area contributed by atoms with Gasteiger partial charge in [0.2, 0.25) is 0 Å². The first-order valence-electron chi connectivity index (χ1n) is 13.3. The minimum atomic E-state index is -3.26. The lowest BCUT2D eigenvalue weighted by Gasteiger charge is -2.40. The summed E-state index contributed by atoms with van der Waals surface area (Å²) in [4.78, 5) is 0. The summed E-state index contributed by atoms with van der Waals surface area (Å²) in [5.74, 6) is 0.0494. The van der Waals surface area contributed by atoms with Gasteiger partial charge >= 0.3 is 0 Å². The van der Waals surface area contributed by atoms with E-state index in [-0.39, 0.29) is 12.0 Å². The molecule has 1 aliphatic carbocycles. The molecular formula is C35H30NOP. The maximum absolute atomic E-state index is 16.5. The molecule has 2 aliphatic rings. The van der Waals surface area contributed by atoms with Gasteiger partial charge in [-0.3, -0.25) is 0 Å². The quantitative estimate of drug-likeness (QED) is 0.225. The summed E-state index contributed by atoms with van der Waals surface area (Å²) in [6.45, 7) is 2.88. The third kappa shape index (κ3) is 3.27. The van der Waals surface area contributed by atoms with Crippen LogP contribution in [0.2, 0.25) is 0 Å². The smallest absolute Gasteiger partial charge is 0.190 e. The molecule has 0 aromatic heterocycles. The summed E-state index contributed by atoms with van der Waals surface area (Å²) >= 11 is 0. The van der Waals surface area contributed by atoms with E-state index in [0.29, 0.717) is 6.54 Å². The monoisotopic (exact) mass is 511 g/mol. The van der Waals surface area contributed by atoms with E-state index in [4.69, 9.17) is 0 Å². The van der Waals surface area contributed by atoms with Gasteiger partial charge in [-0.05, 0) is 46.0 Å². The van der Waals surface area contributed by atoms with Crippen LogP contribution in [0.4, 0.5) is 0 Å². The SMILES string of the molecule is C[C@@]12c3ccccc3C=C[C@@H]1[C@@H](c1ccccc1)N(Cc1ccccc1)[P@@]2(=O)c1cccc2ccccc12. The first-order chi connectivity index (χ1) is 18.6. The molecule has 3 heteroatoms. The Bertz CT molecular complexity index is 1710. The summed E-state index contributed by atoms with van der Waals surface area (Å²) in [5.41, 5.74) is 4.73. The van der Waals surface area contributed by atoms with Crippen LogP contribution >= 0.6 is 7.29 Å². The Hall–Kier alpha value is -3.71. The number of fused-ring (bicyclic) bond motifs is 4. The van der Waals surface area contributed by atoms with Gasteiger partial charge in [0, 0.05) is 23.8 Å². The predicted molar refractivity (Wildman–Crippen MR) is 159 cm³/mol. The van der Waals surface area contributed by atoms with Crippen molar-refractivity contribution < 1.29 is 4.57 Å². The molecule has 1 heterocycles. The average molecular weight is 512 g/mol. The lowest BCUT2D eigenvalue weighted by molar-refractivity contribution is 0.290. The summed E-state index contributed by atoms with van der Waals surface area (Å²) in [7, 11) is -3.26. The van der Waals surface area contributed by atoms with Crippen LogP contribution in [0, 0.1) is 5.92 Å². The third-order valence-electron chi connectivity index (χ3n) is 8.71. The van der Waals surface area contributed by atoms with Crippen molar-refractivity contribution in [2.45, 2.75) is 24.7 Å². The largest absolute Gasteiger partial charge is 0.300 e. The number of benzene rings is 5. The van der Waals surface area contributed by atoms with Crippen LogP contribution in [-0.4, -0.2) is 4.67 Å². The van der Waals surface area contributed by atoms with Crippen molar-refractivity contribution in [1.82, 2.24) is 4.67 Å². The van der Waals surface area contributed by atoms with Gasteiger partial charge in [-0.25, -0.2) is 4.67 Å². The molecule has 0 amide bonds. The van der Waals surface area contributed by atoms with Crippen molar-refractivity contribution >= 4 is 29.4 Å². The number of hydrogen-bond donors (Lipinski definition) is 0. The average Bonchev–Trinajstić information content (AvgIpc) is 3.18. The third-order valence-corrected chi connectivity index (χ3v) is 12.7. The minimum Gasteiger partial charge on any atom is -0.300 e. The van der Waals surface area contributed by atoms with Crippen molar-refractivity contribution in [3.05, 3.63) is 156 Å². The first kappa shape index (κ1) is 23.4. The molecule has 0 spiro atoms. The van der Waals surface area contributed by atoms with Crippen LogP contribution in [0.15, 0.2) is 133 Å². The predicted octanol–water partition coefficient (Wildman–Crippen LogP) is 8.56. The van der Waals surface area contributed by atoms with Crippen LogP contribution in [-0.2, 0) is 16.3 Å². The fourth-order valence-corrected chi connectivity index (χ4v) is 11.2. The summed E-state index contributed by atoms with van der Waals surface area (Å²) in [6.07, 6.45) is 4.58. The highest BCUT2D eigenvalue weighted by Crippen LogP contribution is 2.79. The normalized spacial score (nSPS) is 26.2. The van der Waals surface area contributed by atoms with Gasteiger partial charge in [-0.1, -0.05) is 133 Å². The summed E-state index contributed by atoms with van der Waals surface area (Å²) in [5, 5.41) is 2.57. The fourth-order valence-electron chi connectivity index (χ4n) is 6.94. The van der Waals surface area contributed by atoms with E-state index in [0.717, 1.165) is 16.1 Å². The maximum Gasteiger partial charge on any atom is 0.190 e. The fraction of sp³-hybridized carbons (Fsp3) is 0.143. The van der Waals surface area contributed by atoms with Crippen LogP contribution in [0.3, 0.4) is 0 Å². The van der Waals surface area contributed by atoms with Crippen molar-refractivity contribution in [1.29, 1.82) is 0 Å². The van der Waals surface area contributed by atoms with Gasteiger partial charge in [0.15, 0.2) is 7.29 Å². The molecule has 0 N–H and O–H groups in total. The van der Waals surface area contributed by atoms with E-state index >= 15 is 4.57 Å². The maximum atomic E-state index is 16.5. The second-order valence-corrected chi connectivity index (χ2v) is 13.7. The molecule has 7 rings (SSSR count). The van der Waals surface area contributed by atoms with E-state index in [9.17, 15) is 0 Å². The molecule has 1 fully saturated rings. The van der Waals surface area contributed by atoms with E-state index in [1.807, 2.05) is 6.07 Å². The van der Waals surface area contributed by atoms with Crippen molar-refractivity contribution in [3.8, 4) is 0 Å². The molecule has 0 saturated carbocycles. The molecule has 4 atom stereocenters. The molecule has 186 valence electrons. The van der Waals surface area contributed by atoms with Gasteiger partial charge in [0.05, 0.1) is 5.16 Å². The lowest BCUT2D eigenvalue weighted by Crippen LogP contribution is -2.34. The summed E-state index contributed by atoms with van der Waals surface area (Å²) in [6, 6.07) is 44.5. The molecular weight excluding hydrogens is 481 g/mol. The van der Waals surface area contributed by atoms with Crippen molar-refractivity contribution in [2.75, 3.05) is 0 Å². The molecule has 5 aromatic carbocycles.